The molecular formula is C24H16N2O5S. The number of rotatable bonds is 5. The van der Waals surface area contributed by atoms with Gasteiger partial charge in [-0.25, -0.2) is 9.59 Å². The highest BCUT2D eigenvalue weighted by Crippen LogP contribution is 2.31. The number of hydrogen-bond donors (Lipinski definition) is 2. The zero-order chi connectivity index (χ0) is 22.2. The molecule has 32 heavy (non-hydrogen) atoms. The van der Waals surface area contributed by atoms with Gasteiger partial charge in [-0.05, 0) is 28.8 Å². The number of carbonyl (C=O) groups is 1. The smallest absolute Gasteiger partial charge is 0.371 e. The normalized spacial score (nSPS) is 11.1. The van der Waals surface area contributed by atoms with Gasteiger partial charge in [0.25, 0.3) is 5.56 Å². The second kappa shape index (κ2) is 7.82. The summed E-state index contributed by atoms with van der Waals surface area (Å²) < 4.78 is 6.23. The summed E-state index contributed by atoms with van der Waals surface area (Å²) in [5.74, 6) is -1.26. The first-order valence-corrected chi connectivity index (χ1v) is 10.6. The van der Waals surface area contributed by atoms with Crippen LogP contribution in [0.3, 0.4) is 0 Å². The lowest BCUT2D eigenvalue weighted by Gasteiger charge is -2.06. The maximum absolute atomic E-state index is 13.2. The Morgan fingerprint density at radius 3 is 2.31 bits per heavy atom. The predicted octanol–water partition coefficient (Wildman–Crippen LogP) is 4.42. The van der Waals surface area contributed by atoms with Gasteiger partial charge >= 0.3 is 11.7 Å². The first-order valence-electron chi connectivity index (χ1n) is 9.73. The van der Waals surface area contributed by atoms with Crippen molar-refractivity contribution in [2.75, 3.05) is 0 Å². The second-order valence-corrected chi connectivity index (χ2v) is 8.07. The molecule has 0 radical (unpaired) electrons. The molecule has 0 spiro atoms. The summed E-state index contributed by atoms with van der Waals surface area (Å²) in [7, 11) is 0. The van der Waals surface area contributed by atoms with E-state index in [1.807, 2.05) is 60.0 Å². The van der Waals surface area contributed by atoms with E-state index in [4.69, 9.17) is 9.52 Å². The second-order valence-electron chi connectivity index (χ2n) is 7.19. The molecule has 0 saturated carbocycles. The zero-order valence-electron chi connectivity index (χ0n) is 16.6. The summed E-state index contributed by atoms with van der Waals surface area (Å²) >= 11 is 1.29. The van der Waals surface area contributed by atoms with Crippen molar-refractivity contribution in [3.05, 3.63) is 104 Å². The Bertz CT molecular complexity index is 1560. The van der Waals surface area contributed by atoms with Crippen LogP contribution in [0.1, 0.15) is 16.3 Å². The predicted molar refractivity (Wildman–Crippen MR) is 122 cm³/mol. The van der Waals surface area contributed by atoms with Gasteiger partial charge in [-0.1, -0.05) is 54.6 Å². The summed E-state index contributed by atoms with van der Waals surface area (Å²) in [5.41, 5.74) is 2.71. The van der Waals surface area contributed by atoms with Crippen molar-refractivity contribution in [3.63, 3.8) is 0 Å². The highest BCUT2D eigenvalue weighted by Gasteiger charge is 2.17. The lowest BCUT2D eigenvalue weighted by molar-refractivity contribution is 0.0660. The van der Waals surface area contributed by atoms with Crippen LogP contribution in [0.2, 0.25) is 0 Å². The van der Waals surface area contributed by atoms with Crippen LogP contribution in [0.4, 0.5) is 0 Å². The standard InChI is InChI=1S/C24H16N2O5S/c27-22-20-18(16-8-6-15(7-9-16)14-4-2-1-3-5-14)13-32-21(20)25-24(30)26(22)12-17-10-11-19(31-17)23(28)29/h1-11,13H,12H2,(H,25,30)(H,28,29). The molecule has 5 rings (SSSR count). The number of carboxylic acids is 1. The van der Waals surface area contributed by atoms with E-state index >= 15 is 0 Å². The van der Waals surface area contributed by atoms with Crippen LogP contribution in [0.5, 0.6) is 0 Å². The number of carboxylic acid groups (broad SMARTS) is 1. The molecule has 158 valence electrons. The Morgan fingerprint density at radius 1 is 0.938 bits per heavy atom. The van der Waals surface area contributed by atoms with E-state index in [9.17, 15) is 14.4 Å². The number of furan rings is 1. The molecule has 0 unspecified atom stereocenters. The van der Waals surface area contributed by atoms with E-state index in [0.717, 1.165) is 26.8 Å². The number of nitrogens with one attached hydrogen (secondary N) is 1. The van der Waals surface area contributed by atoms with Crippen LogP contribution in [-0.2, 0) is 6.54 Å². The first kappa shape index (κ1) is 19.8. The number of fused-ring (bicyclic) bond motifs is 1. The number of benzene rings is 2. The van der Waals surface area contributed by atoms with E-state index in [1.165, 1.54) is 23.5 Å². The van der Waals surface area contributed by atoms with Crippen LogP contribution >= 0.6 is 11.3 Å². The summed E-state index contributed by atoms with van der Waals surface area (Å²) in [6.07, 6.45) is 0. The van der Waals surface area contributed by atoms with Crippen molar-refractivity contribution in [2.45, 2.75) is 6.54 Å². The third-order valence-corrected chi connectivity index (χ3v) is 6.10. The minimum Gasteiger partial charge on any atom is -0.475 e. The fourth-order valence-corrected chi connectivity index (χ4v) is 4.57. The Labute approximate surface area is 184 Å². The number of thiophene rings is 1. The summed E-state index contributed by atoms with van der Waals surface area (Å²) in [5, 5.41) is 11.3. The maximum atomic E-state index is 13.2. The minimum atomic E-state index is -1.22. The molecule has 0 aliphatic rings. The Balaban J connectivity index is 1.56. The number of nitrogens with zero attached hydrogens (tertiary/aromatic N) is 1. The molecule has 0 aliphatic heterocycles. The monoisotopic (exact) mass is 444 g/mol. The SMILES string of the molecule is O=C(O)c1ccc(Cn2c(=O)[nH]c3scc(-c4ccc(-c5ccccc5)cc4)c3c2=O)o1. The van der Waals surface area contributed by atoms with Crippen molar-refractivity contribution in [3.8, 4) is 22.3 Å². The molecule has 5 aromatic rings. The lowest BCUT2D eigenvalue weighted by atomic mass is 10.0. The van der Waals surface area contributed by atoms with Crippen molar-refractivity contribution in [1.29, 1.82) is 0 Å². The van der Waals surface area contributed by atoms with Gasteiger partial charge in [-0.15, -0.1) is 11.3 Å². The van der Waals surface area contributed by atoms with Crippen LogP contribution in [0.15, 0.2) is 86.1 Å². The van der Waals surface area contributed by atoms with Crippen LogP contribution in [-0.4, -0.2) is 20.6 Å². The summed E-state index contributed by atoms with van der Waals surface area (Å²) in [6, 6.07) is 20.6. The number of aromatic amines is 1. The molecule has 3 heterocycles. The Hall–Kier alpha value is -4.17. The third-order valence-electron chi connectivity index (χ3n) is 5.21. The molecule has 3 aromatic heterocycles. The van der Waals surface area contributed by atoms with Crippen molar-refractivity contribution >= 4 is 27.5 Å². The molecule has 2 N–H and O–H groups in total. The molecule has 7 nitrogen and oxygen atoms in total. The molecule has 8 heteroatoms. The molecular weight excluding hydrogens is 428 g/mol. The molecule has 0 amide bonds. The Morgan fingerprint density at radius 2 is 1.62 bits per heavy atom. The van der Waals surface area contributed by atoms with Crippen LogP contribution in [0.25, 0.3) is 32.5 Å². The van der Waals surface area contributed by atoms with Crippen molar-refractivity contribution in [2.24, 2.45) is 0 Å². The topological polar surface area (TPSA) is 105 Å². The van der Waals surface area contributed by atoms with Gasteiger partial charge < -0.3 is 9.52 Å². The Kier molecular flexibility index (Phi) is 4.84. The summed E-state index contributed by atoms with van der Waals surface area (Å²) in [4.78, 5) is 40.0. The van der Waals surface area contributed by atoms with E-state index in [2.05, 4.69) is 4.98 Å². The third kappa shape index (κ3) is 3.46. The number of H-pyrrole nitrogens is 1. The van der Waals surface area contributed by atoms with E-state index in [0.29, 0.717) is 10.2 Å². The molecule has 2 aromatic carbocycles. The zero-order valence-corrected chi connectivity index (χ0v) is 17.4. The lowest BCUT2D eigenvalue weighted by Crippen LogP contribution is -2.35. The van der Waals surface area contributed by atoms with Crippen LogP contribution in [0, 0.1) is 0 Å². The minimum absolute atomic E-state index is 0.167. The molecule has 0 aliphatic carbocycles. The van der Waals surface area contributed by atoms with Gasteiger partial charge in [0, 0.05) is 10.9 Å². The number of aromatic nitrogens is 2. The number of hydrogen-bond acceptors (Lipinski definition) is 5. The fourth-order valence-electron chi connectivity index (χ4n) is 3.62. The number of aromatic carboxylic acids is 1. The van der Waals surface area contributed by atoms with E-state index < -0.39 is 17.2 Å². The van der Waals surface area contributed by atoms with E-state index in [1.54, 1.807) is 0 Å². The largest absolute Gasteiger partial charge is 0.475 e. The van der Waals surface area contributed by atoms with Gasteiger partial charge in [-0.2, -0.15) is 0 Å². The molecule has 0 fully saturated rings. The van der Waals surface area contributed by atoms with Gasteiger partial charge in [-0.3, -0.25) is 14.3 Å². The molecule has 0 atom stereocenters. The van der Waals surface area contributed by atoms with Crippen molar-refractivity contribution < 1.29 is 14.3 Å². The molecule has 0 bridgehead atoms. The highest BCUT2D eigenvalue weighted by molar-refractivity contribution is 7.17. The average molecular weight is 444 g/mol. The van der Waals surface area contributed by atoms with Gasteiger partial charge in [0.2, 0.25) is 5.76 Å². The first-order chi connectivity index (χ1) is 15.5. The van der Waals surface area contributed by atoms with Gasteiger partial charge in [0.1, 0.15) is 10.6 Å². The molecule has 0 saturated heterocycles. The van der Waals surface area contributed by atoms with Crippen LogP contribution < -0.4 is 11.2 Å². The highest BCUT2D eigenvalue weighted by atomic mass is 32.1. The maximum Gasteiger partial charge on any atom is 0.371 e. The quantitative estimate of drug-likeness (QED) is 0.417. The summed E-state index contributed by atoms with van der Waals surface area (Å²) in [6.45, 7) is -0.167. The van der Waals surface area contributed by atoms with Crippen molar-refractivity contribution in [1.82, 2.24) is 9.55 Å². The van der Waals surface area contributed by atoms with Gasteiger partial charge in [0.15, 0.2) is 0 Å². The fraction of sp³-hybridized carbons (Fsp3) is 0.0417. The average Bonchev–Trinajstić information content (AvgIpc) is 3.45. The van der Waals surface area contributed by atoms with Gasteiger partial charge in [0.05, 0.1) is 11.9 Å². The van der Waals surface area contributed by atoms with E-state index in [-0.39, 0.29) is 18.1 Å².